The van der Waals surface area contributed by atoms with Crippen molar-refractivity contribution in [2.24, 2.45) is 0 Å². The van der Waals surface area contributed by atoms with Gasteiger partial charge >= 0.3 is 5.97 Å². The third-order valence-electron chi connectivity index (χ3n) is 4.90. The highest BCUT2D eigenvalue weighted by atomic mass is 16.5. The van der Waals surface area contributed by atoms with Crippen molar-refractivity contribution in [3.8, 4) is 0 Å². The molecule has 0 aromatic heterocycles. The van der Waals surface area contributed by atoms with Crippen LogP contribution in [0.3, 0.4) is 0 Å². The summed E-state index contributed by atoms with van der Waals surface area (Å²) in [5.41, 5.74) is 0.995. The summed E-state index contributed by atoms with van der Waals surface area (Å²) in [6.07, 6.45) is 4.48. The first kappa shape index (κ1) is 18.2. The zero-order valence-corrected chi connectivity index (χ0v) is 14.9. The van der Waals surface area contributed by atoms with Gasteiger partial charge < -0.3 is 10.1 Å². The fraction of sp³-hybridized carbons (Fsp3) is 0.364. The lowest BCUT2D eigenvalue weighted by atomic mass is 9.81. The maximum atomic E-state index is 12.8. The smallest absolute Gasteiger partial charge is 0.332 e. The van der Waals surface area contributed by atoms with Gasteiger partial charge in [0, 0.05) is 0 Å². The molecule has 0 aliphatic heterocycles. The molecule has 0 unspecified atom stereocenters. The molecular formula is C22H25NO3. The maximum Gasteiger partial charge on any atom is 0.332 e. The quantitative estimate of drug-likeness (QED) is 0.806. The molecule has 0 radical (unpaired) electrons. The lowest BCUT2D eigenvalue weighted by Gasteiger charge is -2.35. The van der Waals surface area contributed by atoms with Crippen molar-refractivity contribution in [3.63, 3.8) is 0 Å². The molecule has 1 amide bonds. The standard InChI is InChI=1S/C22H25NO3/c24-20(16-18-10-4-1-5-11-18)23-22(14-8-3-9-15-22)21(25)26-17-19-12-6-2-7-13-19/h1-2,4-7,10-13H,3,8-9,14-17H2,(H,23,24). The predicted octanol–water partition coefficient (Wildman–Crippen LogP) is 3.79. The Bertz CT molecular complexity index is 722. The second kappa shape index (κ2) is 8.65. The van der Waals surface area contributed by atoms with Crippen LogP contribution < -0.4 is 5.32 Å². The highest BCUT2D eigenvalue weighted by Gasteiger charge is 2.42. The van der Waals surface area contributed by atoms with E-state index in [9.17, 15) is 9.59 Å². The number of nitrogens with one attached hydrogen (secondary N) is 1. The normalized spacial score (nSPS) is 15.8. The van der Waals surface area contributed by atoms with E-state index < -0.39 is 5.54 Å². The molecule has 4 heteroatoms. The van der Waals surface area contributed by atoms with Crippen molar-refractivity contribution in [1.82, 2.24) is 5.32 Å². The van der Waals surface area contributed by atoms with Crippen LogP contribution in [-0.2, 0) is 27.4 Å². The Morgan fingerprint density at radius 1 is 0.846 bits per heavy atom. The van der Waals surface area contributed by atoms with E-state index in [2.05, 4.69) is 5.32 Å². The Morgan fingerprint density at radius 2 is 1.42 bits per heavy atom. The number of carbonyl (C=O) groups is 2. The third kappa shape index (κ3) is 4.72. The zero-order chi connectivity index (χ0) is 18.2. The fourth-order valence-corrected chi connectivity index (χ4v) is 3.49. The minimum atomic E-state index is -0.890. The van der Waals surface area contributed by atoms with Gasteiger partial charge in [-0.2, -0.15) is 0 Å². The van der Waals surface area contributed by atoms with Gasteiger partial charge in [-0.15, -0.1) is 0 Å². The zero-order valence-electron chi connectivity index (χ0n) is 14.9. The van der Waals surface area contributed by atoms with Crippen molar-refractivity contribution in [2.75, 3.05) is 0 Å². The largest absolute Gasteiger partial charge is 0.459 e. The topological polar surface area (TPSA) is 55.4 Å². The summed E-state index contributed by atoms with van der Waals surface area (Å²) in [5.74, 6) is -0.447. The Labute approximate surface area is 154 Å². The average molecular weight is 351 g/mol. The van der Waals surface area contributed by atoms with E-state index in [0.29, 0.717) is 12.8 Å². The summed E-state index contributed by atoms with van der Waals surface area (Å²) < 4.78 is 5.57. The third-order valence-corrected chi connectivity index (χ3v) is 4.90. The molecule has 136 valence electrons. The number of hydrogen-bond donors (Lipinski definition) is 1. The summed E-state index contributed by atoms with van der Waals surface area (Å²) >= 11 is 0. The first-order chi connectivity index (χ1) is 12.7. The molecule has 26 heavy (non-hydrogen) atoms. The van der Waals surface area contributed by atoms with E-state index in [1.165, 1.54) is 0 Å². The molecule has 0 bridgehead atoms. The van der Waals surface area contributed by atoms with Crippen molar-refractivity contribution < 1.29 is 14.3 Å². The van der Waals surface area contributed by atoms with Crippen molar-refractivity contribution in [3.05, 3.63) is 71.8 Å². The van der Waals surface area contributed by atoms with Crippen LogP contribution in [0.25, 0.3) is 0 Å². The van der Waals surface area contributed by atoms with Gasteiger partial charge in [-0.25, -0.2) is 4.79 Å². The van der Waals surface area contributed by atoms with Crippen LogP contribution in [0.5, 0.6) is 0 Å². The Hall–Kier alpha value is -2.62. The molecule has 1 saturated carbocycles. The average Bonchev–Trinajstić information content (AvgIpc) is 2.68. The van der Waals surface area contributed by atoms with Crippen molar-refractivity contribution >= 4 is 11.9 Å². The molecule has 0 saturated heterocycles. The lowest BCUT2D eigenvalue weighted by Crippen LogP contribution is -2.56. The van der Waals surface area contributed by atoms with Gasteiger partial charge in [0.1, 0.15) is 12.1 Å². The van der Waals surface area contributed by atoms with E-state index in [-0.39, 0.29) is 24.9 Å². The van der Waals surface area contributed by atoms with Crippen LogP contribution in [0.15, 0.2) is 60.7 Å². The number of ether oxygens (including phenoxy) is 1. The van der Waals surface area contributed by atoms with Gasteiger partial charge in [0.25, 0.3) is 0 Å². The maximum absolute atomic E-state index is 12.8. The van der Waals surface area contributed by atoms with Gasteiger partial charge in [-0.3, -0.25) is 4.79 Å². The number of benzene rings is 2. The molecule has 1 N–H and O–H groups in total. The molecule has 2 aromatic carbocycles. The van der Waals surface area contributed by atoms with Gasteiger partial charge in [-0.1, -0.05) is 79.9 Å². The molecule has 0 heterocycles. The predicted molar refractivity (Wildman–Crippen MR) is 100 cm³/mol. The molecule has 0 atom stereocenters. The minimum Gasteiger partial charge on any atom is -0.459 e. The molecule has 4 nitrogen and oxygen atoms in total. The highest BCUT2D eigenvalue weighted by molar-refractivity contribution is 5.89. The van der Waals surface area contributed by atoms with Crippen LogP contribution in [-0.4, -0.2) is 17.4 Å². The summed E-state index contributed by atoms with van der Waals surface area (Å²) in [7, 11) is 0. The number of rotatable bonds is 6. The number of hydrogen-bond acceptors (Lipinski definition) is 3. The number of amides is 1. The minimum absolute atomic E-state index is 0.130. The van der Waals surface area contributed by atoms with E-state index in [4.69, 9.17) is 4.74 Å². The highest BCUT2D eigenvalue weighted by Crippen LogP contribution is 2.30. The summed E-state index contributed by atoms with van der Waals surface area (Å²) in [4.78, 5) is 25.4. The SMILES string of the molecule is O=C(Cc1ccccc1)NC1(C(=O)OCc2ccccc2)CCCCC1. The summed E-state index contributed by atoms with van der Waals surface area (Å²) in [6, 6.07) is 19.2. The number of carbonyl (C=O) groups excluding carboxylic acids is 2. The molecule has 3 rings (SSSR count). The Morgan fingerprint density at radius 3 is 2.04 bits per heavy atom. The molecule has 1 aliphatic rings. The van der Waals surface area contributed by atoms with Gasteiger partial charge in [0.15, 0.2) is 0 Å². The van der Waals surface area contributed by atoms with Crippen molar-refractivity contribution in [2.45, 2.75) is 50.7 Å². The van der Waals surface area contributed by atoms with Crippen LogP contribution >= 0.6 is 0 Å². The molecular weight excluding hydrogens is 326 g/mol. The summed E-state index contributed by atoms with van der Waals surface area (Å²) in [6.45, 7) is 0.232. The van der Waals surface area contributed by atoms with Crippen LogP contribution in [0.1, 0.15) is 43.2 Å². The molecule has 0 spiro atoms. The second-order valence-corrected chi connectivity index (χ2v) is 6.92. The Kier molecular flexibility index (Phi) is 6.05. The number of esters is 1. The van der Waals surface area contributed by atoms with E-state index in [0.717, 1.165) is 30.4 Å². The Balaban J connectivity index is 1.65. The monoisotopic (exact) mass is 351 g/mol. The van der Waals surface area contributed by atoms with Gasteiger partial charge in [0.2, 0.25) is 5.91 Å². The van der Waals surface area contributed by atoms with E-state index >= 15 is 0 Å². The first-order valence-corrected chi connectivity index (χ1v) is 9.24. The molecule has 2 aromatic rings. The van der Waals surface area contributed by atoms with E-state index in [1.54, 1.807) is 0 Å². The van der Waals surface area contributed by atoms with Crippen LogP contribution in [0.4, 0.5) is 0 Å². The lowest BCUT2D eigenvalue weighted by molar-refractivity contribution is -0.156. The van der Waals surface area contributed by atoms with Gasteiger partial charge in [-0.05, 0) is 24.0 Å². The first-order valence-electron chi connectivity index (χ1n) is 9.24. The van der Waals surface area contributed by atoms with Crippen molar-refractivity contribution in [1.29, 1.82) is 0 Å². The molecule has 1 aliphatic carbocycles. The van der Waals surface area contributed by atoms with Crippen LogP contribution in [0.2, 0.25) is 0 Å². The van der Waals surface area contributed by atoms with E-state index in [1.807, 2.05) is 60.7 Å². The second-order valence-electron chi connectivity index (χ2n) is 6.92. The van der Waals surface area contributed by atoms with Crippen LogP contribution in [0, 0.1) is 0 Å². The fourth-order valence-electron chi connectivity index (χ4n) is 3.49. The summed E-state index contributed by atoms with van der Waals surface area (Å²) in [5, 5.41) is 3.00. The van der Waals surface area contributed by atoms with Gasteiger partial charge in [0.05, 0.1) is 6.42 Å². The molecule has 1 fully saturated rings.